The third-order valence-corrected chi connectivity index (χ3v) is 4.39. The lowest BCUT2D eigenvalue weighted by molar-refractivity contribution is 0.0901. The van der Waals surface area contributed by atoms with Gasteiger partial charge in [0.05, 0.1) is 11.2 Å². The largest absolute Gasteiger partial charge is 0.347 e. The molecule has 0 spiro atoms. The van der Waals surface area contributed by atoms with Crippen LogP contribution in [-0.2, 0) is 0 Å². The van der Waals surface area contributed by atoms with Gasteiger partial charge < -0.3 is 10.6 Å². The number of hydrogen-bond acceptors (Lipinski definition) is 4. The first kappa shape index (κ1) is 12.5. The number of carbonyl (C=O) groups is 1. The number of thiazole rings is 1. The smallest absolute Gasteiger partial charge is 0.263 e. The summed E-state index contributed by atoms with van der Waals surface area (Å²) in [5, 5.41) is 6.53. The van der Waals surface area contributed by atoms with Crippen LogP contribution in [0.2, 0.25) is 0 Å². The van der Waals surface area contributed by atoms with Crippen molar-refractivity contribution in [3.63, 3.8) is 0 Å². The number of aromatic nitrogens is 1. The average molecular weight is 253 g/mol. The van der Waals surface area contributed by atoms with Crippen LogP contribution in [0.25, 0.3) is 0 Å². The number of carbonyl (C=O) groups excluding carboxylic acids is 1. The van der Waals surface area contributed by atoms with E-state index in [1.165, 1.54) is 11.3 Å². The summed E-state index contributed by atoms with van der Waals surface area (Å²) >= 11 is 1.41. The molecule has 17 heavy (non-hydrogen) atoms. The second kappa shape index (κ2) is 5.14. The number of amides is 1. The Hall–Kier alpha value is -0.940. The first-order valence-corrected chi connectivity index (χ1v) is 6.92. The molecule has 0 bridgehead atoms. The van der Waals surface area contributed by atoms with Crippen molar-refractivity contribution in [3.8, 4) is 0 Å². The van der Waals surface area contributed by atoms with Crippen LogP contribution in [0.3, 0.4) is 0 Å². The lowest BCUT2D eigenvalue weighted by Gasteiger charge is -2.35. The van der Waals surface area contributed by atoms with E-state index in [4.69, 9.17) is 0 Å². The van der Waals surface area contributed by atoms with E-state index in [9.17, 15) is 4.79 Å². The van der Waals surface area contributed by atoms with Crippen molar-refractivity contribution >= 4 is 17.2 Å². The molecule has 0 aromatic carbocycles. The van der Waals surface area contributed by atoms with Crippen molar-refractivity contribution in [2.45, 2.75) is 39.3 Å². The van der Waals surface area contributed by atoms with E-state index in [0.717, 1.165) is 23.5 Å². The highest BCUT2D eigenvalue weighted by Gasteiger charge is 2.29. The zero-order valence-corrected chi connectivity index (χ0v) is 11.3. The predicted molar refractivity (Wildman–Crippen MR) is 69.4 cm³/mol. The Bertz CT molecular complexity index is 394. The standard InChI is InChI=1S/C12H19N3OS/c1-7-4-5-13-8(2)10(7)15-12(16)11-9(3)14-6-17-11/h6-8,10,13H,4-5H2,1-3H3,(H,15,16). The first-order chi connectivity index (χ1) is 8.09. The zero-order chi connectivity index (χ0) is 12.4. The Morgan fingerprint density at radius 3 is 2.94 bits per heavy atom. The predicted octanol–water partition coefficient (Wildman–Crippen LogP) is 1.57. The van der Waals surface area contributed by atoms with Crippen LogP contribution in [0, 0.1) is 12.8 Å². The lowest BCUT2D eigenvalue weighted by Crippen LogP contribution is -2.55. The van der Waals surface area contributed by atoms with E-state index in [1.54, 1.807) is 5.51 Å². The van der Waals surface area contributed by atoms with E-state index in [2.05, 4.69) is 29.5 Å². The molecule has 2 N–H and O–H groups in total. The van der Waals surface area contributed by atoms with Gasteiger partial charge in [0.25, 0.3) is 5.91 Å². The summed E-state index contributed by atoms with van der Waals surface area (Å²) < 4.78 is 0. The fourth-order valence-corrected chi connectivity index (χ4v) is 3.05. The molecule has 1 amide bonds. The van der Waals surface area contributed by atoms with Crippen LogP contribution in [-0.4, -0.2) is 29.5 Å². The number of nitrogens with zero attached hydrogens (tertiary/aromatic N) is 1. The van der Waals surface area contributed by atoms with Crippen molar-refractivity contribution < 1.29 is 4.79 Å². The highest BCUT2D eigenvalue weighted by atomic mass is 32.1. The summed E-state index contributed by atoms with van der Waals surface area (Å²) in [6, 6.07) is 0.536. The summed E-state index contributed by atoms with van der Waals surface area (Å²) in [5.41, 5.74) is 2.53. The Balaban J connectivity index is 2.05. The fourth-order valence-electron chi connectivity index (χ4n) is 2.34. The maximum absolute atomic E-state index is 12.1. The van der Waals surface area contributed by atoms with Gasteiger partial charge in [-0.15, -0.1) is 11.3 Å². The van der Waals surface area contributed by atoms with Gasteiger partial charge in [0.15, 0.2) is 0 Å². The van der Waals surface area contributed by atoms with Gasteiger partial charge in [-0.3, -0.25) is 4.79 Å². The van der Waals surface area contributed by atoms with Gasteiger partial charge in [-0.2, -0.15) is 0 Å². The monoisotopic (exact) mass is 253 g/mol. The van der Waals surface area contributed by atoms with Gasteiger partial charge in [-0.25, -0.2) is 4.98 Å². The van der Waals surface area contributed by atoms with Crippen molar-refractivity contribution in [2.75, 3.05) is 6.54 Å². The molecule has 1 aromatic rings. The summed E-state index contributed by atoms with van der Waals surface area (Å²) in [6.45, 7) is 7.23. The molecular formula is C12H19N3OS. The summed E-state index contributed by atoms with van der Waals surface area (Å²) in [4.78, 5) is 17.0. The number of nitrogens with one attached hydrogen (secondary N) is 2. The number of hydrogen-bond donors (Lipinski definition) is 2. The molecule has 3 unspecified atom stereocenters. The Kier molecular flexibility index (Phi) is 3.79. The molecule has 0 aliphatic carbocycles. The Morgan fingerprint density at radius 1 is 1.59 bits per heavy atom. The second-order valence-electron chi connectivity index (χ2n) is 4.77. The quantitative estimate of drug-likeness (QED) is 0.841. The minimum atomic E-state index is 0.0115. The topological polar surface area (TPSA) is 54.0 Å². The lowest BCUT2D eigenvalue weighted by atomic mass is 9.89. The first-order valence-electron chi connectivity index (χ1n) is 6.04. The molecule has 4 nitrogen and oxygen atoms in total. The third-order valence-electron chi connectivity index (χ3n) is 3.47. The van der Waals surface area contributed by atoms with Crippen molar-refractivity contribution in [1.29, 1.82) is 0 Å². The fraction of sp³-hybridized carbons (Fsp3) is 0.667. The normalized spacial score (nSPS) is 29.0. The van der Waals surface area contributed by atoms with Gasteiger partial charge >= 0.3 is 0 Å². The zero-order valence-electron chi connectivity index (χ0n) is 10.5. The summed E-state index contributed by atoms with van der Waals surface area (Å²) in [5.74, 6) is 0.529. The third kappa shape index (κ3) is 2.66. The summed E-state index contributed by atoms with van der Waals surface area (Å²) in [7, 11) is 0. The molecule has 0 saturated carbocycles. The molecule has 1 aromatic heterocycles. The van der Waals surface area contributed by atoms with Crippen LogP contribution >= 0.6 is 11.3 Å². The average Bonchev–Trinajstić information content (AvgIpc) is 2.70. The van der Waals surface area contributed by atoms with Gasteiger partial charge in [0.2, 0.25) is 0 Å². The molecule has 3 atom stereocenters. The molecule has 0 radical (unpaired) electrons. The van der Waals surface area contributed by atoms with Gasteiger partial charge in [-0.1, -0.05) is 6.92 Å². The maximum atomic E-state index is 12.1. The van der Waals surface area contributed by atoms with Gasteiger partial charge in [0.1, 0.15) is 4.88 Å². The van der Waals surface area contributed by atoms with Crippen LogP contribution in [0.1, 0.15) is 35.6 Å². The highest BCUT2D eigenvalue weighted by molar-refractivity contribution is 7.11. The molecular weight excluding hydrogens is 234 g/mol. The molecule has 1 aliphatic rings. The highest BCUT2D eigenvalue weighted by Crippen LogP contribution is 2.18. The van der Waals surface area contributed by atoms with E-state index in [-0.39, 0.29) is 11.9 Å². The van der Waals surface area contributed by atoms with Crippen LogP contribution in [0.5, 0.6) is 0 Å². The Morgan fingerprint density at radius 2 is 2.35 bits per heavy atom. The van der Waals surface area contributed by atoms with Crippen molar-refractivity contribution in [3.05, 3.63) is 16.1 Å². The maximum Gasteiger partial charge on any atom is 0.263 e. The molecule has 1 saturated heterocycles. The van der Waals surface area contributed by atoms with Gasteiger partial charge in [0, 0.05) is 12.1 Å². The van der Waals surface area contributed by atoms with E-state index in [0.29, 0.717) is 12.0 Å². The minimum absolute atomic E-state index is 0.0115. The van der Waals surface area contributed by atoms with Crippen molar-refractivity contribution in [1.82, 2.24) is 15.6 Å². The van der Waals surface area contributed by atoms with Crippen LogP contribution < -0.4 is 10.6 Å². The molecule has 5 heteroatoms. The Labute approximate surface area is 106 Å². The molecule has 2 heterocycles. The van der Waals surface area contributed by atoms with E-state index < -0.39 is 0 Å². The molecule has 94 valence electrons. The van der Waals surface area contributed by atoms with Crippen molar-refractivity contribution in [2.24, 2.45) is 5.92 Å². The molecule has 1 fully saturated rings. The molecule has 1 aliphatic heterocycles. The van der Waals surface area contributed by atoms with Crippen LogP contribution in [0.15, 0.2) is 5.51 Å². The van der Waals surface area contributed by atoms with Gasteiger partial charge in [-0.05, 0) is 32.7 Å². The SMILES string of the molecule is Cc1ncsc1C(=O)NC1C(C)CCNC1C. The minimum Gasteiger partial charge on any atom is -0.347 e. The number of aryl methyl sites for hydroxylation is 1. The summed E-state index contributed by atoms with van der Waals surface area (Å²) in [6.07, 6.45) is 1.11. The second-order valence-corrected chi connectivity index (χ2v) is 5.63. The van der Waals surface area contributed by atoms with E-state index >= 15 is 0 Å². The number of piperidine rings is 1. The number of rotatable bonds is 2. The van der Waals surface area contributed by atoms with E-state index in [1.807, 2.05) is 6.92 Å². The molecule has 2 rings (SSSR count). The van der Waals surface area contributed by atoms with Crippen LogP contribution in [0.4, 0.5) is 0 Å².